The summed E-state index contributed by atoms with van der Waals surface area (Å²) >= 11 is 0. The molecule has 3 rings (SSSR count). The van der Waals surface area contributed by atoms with Gasteiger partial charge in [0, 0.05) is 13.0 Å². The maximum atomic E-state index is 13.9. The Morgan fingerprint density at radius 3 is 2.33 bits per heavy atom. The van der Waals surface area contributed by atoms with Crippen molar-refractivity contribution in [1.82, 2.24) is 20.8 Å². The van der Waals surface area contributed by atoms with Gasteiger partial charge in [-0.25, -0.2) is 0 Å². The van der Waals surface area contributed by atoms with Crippen molar-refractivity contribution in [3.63, 3.8) is 0 Å². The van der Waals surface area contributed by atoms with Gasteiger partial charge in [0.25, 0.3) is 0 Å². The number of rotatable bonds is 19. The topological polar surface area (TPSA) is 234 Å². The summed E-state index contributed by atoms with van der Waals surface area (Å²) in [7, 11) is 0. The van der Waals surface area contributed by atoms with E-state index in [1.807, 2.05) is 44.2 Å². The van der Waals surface area contributed by atoms with Crippen LogP contribution in [0.3, 0.4) is 0 Å². The second-order valence-electron chi connectivity index (χ2n) is 11.6. The summed E-state index contributed by atoms with van der Waals surface area (Å²) in [6.07, 6.45) is 5.01. The first kappa shape index (κ1) is 36.0. The highest BCUT2D eigenvalue weighted by Gasteiger charge is 2.28. The van der Waals surface area contributed by atoms with Gasteiger partial charge in [0.1, 0.15) is 17.8 Å². The van der Waals surface area contributed by atoms with Gasteiger partial charge in [-0.2, -0.15) is 4.98 Å². The normalized spacial score (nSPS) is 13.0. The molecule has 2 aromatic carbocycles. The number of amides is 2. The first-order valence-corrected chi connectivity index (χ1v) is 15.8. The maximum absolute atomic E-state index is 13.9. The predicted molar refractivity (Wildman–Crippen MR) is 178 cm³/mol. The molecule has 0 fully saturated rings. The number of benzene rings is 2. The molecular formula is C33H49N9O4. The van der Waals surface area contributed by atoms with E-state index in [1.54, 1.807) is 12.1 Å². The van der Waals surface area contributed by atoms with Gasteiger partial charge in [-0.15, -0.1) is 0 Å². The number of nitrogens with one attached hydrogen (secondary N) is 2. The molecule has 0 unspecified atom stereocenters. The van der Waals surface area contributed by atoms with Crippen LogP contribution in [0.1, 0.15) is 85.0 Å². The van der Waals surface area contributed by atoms with Crippen molar-refractivity contribution in [3.05, 3.63) is 76.4 Å². The Balaban J connectivity index is 1.76. The van der Waals surface area contributed by atoms with Gasteiger partial charge in [-0.3, -0.25) is 14.6 Å². The summed E-state index contributed by atoms with van der Waals surface area (Å²) < 4.78 is 5.62. The van der Waals surface area contributed by atoms with Gasteiger partial charge >= 0.3 is 0 Å². The van der Waals surface area contributed by atoms with Crippen molar-refractivity contribution in [2.24, 2.45) is 27.9 Å². The molecule has 0 radical (unpaired) electrons. The summed E-state index contributed by atoms with van der Waals surface area (Å²) in [6, 6.07) is 10.9. The average molecular weight is 636 g/mol. The molecule has 3 aromatic rings. The molecule has 0 aliphatic rings. The summed E-state index contributed by atoms with van der Waals surface area (Å²) in [6.45, 7) is 4.77. The Hall–Kier alpha value is -4.49. The number of carbonyl (C=O) groups excluding carboxylic acids is 2. The van der Waals surface area contributed by atoms with Crippen molar-refractivity contribution < 1.29 is 19.2 Å². The van der Waals surface area contributed by atoms with E-state index in [-0.39, 0.29) is 17.6 Å². The van der Waals surface area contributed by atoms with Gasteiger partial charge in [0.15, 0.2) is 11.8 Å². The summed E-state index contributed by atoms with van der Waals surface area (Å²) in [5, 5.41) is 20.1. The lowest BCUT2D eigenvalue weighted by atomic mass is 9.95. The fraction of sp³-hybridized carbons (Fsp3) is 0.485. The van der Waals surface area contributed by atoms with Crippen LogP contribution >= 0.6 is 0 Å². The van der Waals surface area contributed by atoms with Crippen molar-refractivity contribution in [2.45, 2.75) is 89.8 Å². The van der Waals surface area contributed by atoms with E-state index in [4.69, 9.17) is 27.5 Å². The maximum Gasteiger partial charge on any atom is 0.249 e. The number of unbranched alkanes of at least 4 members (excludes halogenated alkanes) is 2. The molecule has 2 amide bonds. The van der Waals surface area contributed by atoms with Crippen molar-refractivity contribution in [3.8, 4) is 5.75 Å². The fourth-order valence-electron chi connectivity index (χ4n) is 5.30. The lowest BCUT2D eigenvalue weighted by molar-refractivity contribution is -0.130. The number of aromatic nitrogens is 2. The molecule has 1 aromatic heterocycles. The van der Waals surface area contributed by atoms with Gasteiger partial charge < -0.3 is 43.2 Å². The molecule has 250 valence electrons. The highest BCUT2D eigenvalue weighted by molar-refractivity contribution is 5.89. The summed E-state index contributed by atoms with van der Waals surface area (Å²) in [4.78, 5) is 35.6. The number of hydrogen-bond donors (Lipinski definition) is 7. The molecule has 0 saturated heterocycles. The van der Waals surface area contributed by atoms with Crippen LogP contribution in [0.5, 0.6) is 5.75 Å². The molecule has 1 heterocycles. The fourth-order valence-corrected chi connectivity index (χ4v) is 5.30. The largest absolute Gasteiger partial charge is 0.508 e. The highest BCUT2D eigenvalue weighted by Crippen LogP contribution is 2.23. The Bertz CT molecular complexity index is 1400. The molecule has 13 nitrogen and oxygen atoms in total. The van der Waals surface area contributed by atoms with Gasteiger partial charge in [-0.05, 0) is 106 Å². The molecule has 0 aliphatic carbocycles. The number of nitrogens with two attached hydrogens (primary N) is 4. The number of guanidine groups is 1. The zero-order valence-electron chi connectivity index (χ0n) is 26.9. The monoisotopic (exact) mass is 635 g/mol. The van der Waals surface area contributed by atoms with Crippen LogP contribution in [0.2, 0.25) is 0 Å². The van der Waals surface area contributed by atoms with E-state index in [2.05, 4.69) is 25.8 Å². The van der Waals surface area contributed by atoms with Crippen LogP contribution in [0.4, 0.5) is 0 Å². The quantitative estimate of drug-likeness (QED) is 0.0576. The standard InChI is InChI=1S/C33H49N9O4/c1-21-18-24(43)19-22(2)25(21)14-15-27(39-30(44)26(35)12-7-9-17-38-33(36)37)31(45)40-28(13-6-8-16-34)32-41-29(42-46-32)20-23-10-4-3-5-11-23/h3-5,10-11,18-19,26-28,43H,6-9,12-17,20,34-35H2,1-2H3,(H,39,44)(H,40,45)(H4,36,37,38)/t26-,27+,28-/m1/s1. The molecule has 0 bridgehead atoms. The second-order valence-corrected chi connectivity index (χ2v) is 11.6. The molecule has 0 saturated carbocycles. The molecule has 46 heavy (non-hydrogen) atoms. The number of aryl methyl sites for hydroxylation is 2. The van der Waals surface area contributed by atoms with Crippen LogP contribution in [0, 0.1) is 13.8 Å². The zero-order valence-corrected chi connectivity index (χ0v) is 26.9. The van der Waals surface area contributed by atoms with Crippen LogP contribution in [0.25, 0.3) is 0 Å². The highest BCUT2D eigenvalue weighted by atomic mass is 16.5. The van der Waals surface area contributed by atoms with Gasteiger partial charge in [0.05, 0.1) is 6.04 Å². The molecular weight excluding hydrogens is 586 g/mol. The number of aliphatic imine (C=N–C) groups is 1. The number of phenols is 1. The molecule has 11 N–H and O–H groups in total. The Morgan fingerprint density at radius 1 is 0.957 bits per heavy atom. The molecule has 0 aliphatic heterocycles. The number of phenolic OH excluding ortho intramolecular Hbond substituents is 1. The first-order chi connectivity index (χ1) is 22.1. The van der Waals surface area contributed by atoms with E-state index in [9.17, 15) is 14.7 Å². The third-order valence-electron chi connectivity index (χ3n) is 7.80. The van der Waals surface area contributed by atoms with E-state index in [1.165, 1.54) is 0 Å². The van der Waals surface area contributed by atoms with Gasteiger partial charge in [0.2, 0.25) is 17.7 Å². The van der Waals surface area contributed by atoms with Gasteiger partial charge in [-0.1, -0.05) is 35.5 Å². The summed E-state index contributed by atoms with van der Waals surface area (Å²) in [5.74, 6) is 0.187. The smallest absolute Gasteiger partial charge is 0.249 e. The first-order valence-electron chi connectivity index (χ1n) is 15.8. The van der Waals surface area contributed by atoms with Crippen molar-refractivity contribution in [1.29, 1.82) is 0 Å². The van der Waals surface area contributed by atoms with E-state index < -0.39 is 24.0 Å². The Kier molecular flexibility index (Phi) is 14.4. The minimum absolute atomic E-state index is 0.0178. The third-order valence-corrected chi connectivity index (χ3v) is 7.80. The molecule has 0 spiro atoms. The lowest BCUT2D eigenvalue weighted by Gasteiger charge is -2.24. The van der Waals surface area contributed by atoms with E-state index in [0.717, 1.165) is 35.1 Å². The van der Waals surface area contributed by atoms with Crippen molar-refractivity contribution >= 4 is 17.8 Å². The van der Waals surface area contributed by atoms with E-state index in [0.29, 0.717) is 69.8 Å². The van der Waals surface area contributed by atoms with Crippen LogP contribution in [-0.2, 0) is 22.4 Å². The third kappa shape index (κ3) is 11.8. The predicted octanol–water partition coefficient (Wildman–Crippen LogP) is 2.16. The van der Waals surface area contributed by atoms with Crippen LogP contribution < -0.4 is 33.6 Å². The number of carbonyl (C=O) groups is 2. The van der Waals surface area contributed by atoms with Crippen LogP contribution in [-0.4, -0.2) is 58.2 Å². The number of aromatic hydroxyl groups is 1. The number of nitrogens with zero attached hydrogens (tertiary/aromatic N) is 3. The molecule has 3 atom stereocenters. The molecule has 13 heteroatoms. The summed E-state index contributed by atoms with van der Waals surface area (Å²) in [5.41, 5.74) is 26.5. The minimum atomic E-state index is -0.892. The minimum Gasteiger partial charge on any atom is -0.508 e. The SMILES string of the molecule is Cc1cc(O)cc(C)c1CC[C@H](NC(=O)[C@H](N)CCCCN=C(N)N)C(=O)N[C@H](CCCCN)c1nc(Cc2ccccc2)no1. The second kappa shape index (κ2) is 18.5. The van der Waals surface area contributed by atoms with Crippen molar-refractivity contribution in [2.75, 3.05) is 13.1 Å². The lowest BCUT2D eigenvalue weighted by Crippen LogP contribution is -2.52. The Labute approximate surface area is 270 Å². The number of hydrogen-bond acceptors (Lipinski definition) is 9. The zero-order chi connectivity index (χ0) is 33.5. The Morgan fingerprint density at radius 2 is 1.65 bits per heavy atom. The average Bonchev–Trinajstić information content (AvgIpc) is 3.47. The van der Waals surface area contributed by atoms with E-state index >= 15 is 0 Å². The van der Waals surface area contributed by atoms with Crippen LogP contribution in [0.15, 0.2) is 52.0 Å².